The fourth-order valence-electron chi connectivity index (χ4n) is 1.06. The van der Waals surface area contributed by atoms with Gasteiger partial charge >= 0.3 is 0 Å². The van der Waals surface area contributed by atoms with Crippen molar-refractivity contribution in [3.05, 3.63) is 0 Å². The summed E-state index contributed by atoms with van der Waals surface area (Å²) in [5.41, 5.74) is -0.635. The number of terminal acetylenes is 1. The van der Waals surface area contributed by atoms with Crippen LogP contribution in [0.15, 0.2) is 0 Å². The fraction of sp³-hybridized carbons (Fsp3) is 0.800. The maximum atomic E-state index is 9.60. The minimum atomic E-state index is -0.635. The largest absolute Gasteiger partial charge is 0.389 e. The molecule has 1 unspecified atom stereocenters. The third-order valence-corrected chi connectivity index (χ3v) is 1.80. The van der Waals surface area contributed by atoms with E-state index in [1.807, 2.05) is 6.92 Å². The van der Waals surface area contributed by atoms with Crippen LogP contribution < -0.4 is 0 Å². The van der Waals surface area contributed by atoms with E-state index in [9.17, 15) is 5.11 Å². The van der Waals surface area contributed by atoms with Crippen molar-refractivity contribution >= 4 is 0 Å². The summed E-state index contributed by atoms with van der Waals surface area (Å²) in [5.74, 6) is 2.48. The molecule has 0 aliphatic heterocycles. The lowest BCUT2D eigenvalue weighted by Crippen LogP contribution is -2.22. The van der Waals surface area contributed by atoms with Gasteiger partial charge in [-0.15, -0.1) is 12.3 Å². The zero-order valence-corrected chi connectivity index (χ0v) is 7.56. The minimum Gasteiger partial charge on any atom is -0.389 e. The van der Waals surface area contributed by atoms with Crippen LogP contribution in [0, 0.1) is 12.3 Å². The standard InChI is InChI=1S/C10H18O/c1-4-6-7-9-10(3,11)8-5-2/h2,11H,4,6-9H2,1,3H3. The van der Waals surface area contributed by atoms with Crippen molar-refractivity contribution in [2.75, 3.05) is 0 Å². The monoisotopic (exact) mass is 154 g/mol. The Hall–Kier alpha value is -0.480. The summed E-state index contributed by atoms with van der Waals surface area (Å²) < 4.78 is 0. The average Bonchev–Trinajstić information content (AvgIpc) is 1.87. The normalized spacial score (nSPS) is 15.5. The second-order valence-electron chi connectivity index (χ2n) is 3.33. The average molecular weight is 154 g/mol. The summed E-state index contributed by atoms with van der Waals surface area (Å²) in [4.78, 5) is 0. The molecule has 0 aromatic rings. The van der Waals surface area contributed by atoms with Gasteiger partial charge in [0.2, 0.25) is 0 Å². The zero-order valence-electron chi connectivity index (χ0n) is 7.56. The van der Waals surface area contributed by atoms with Gasteiger partial charge in [-0.2, -0.15) is 0 Å². The molecule has 0 rings (SSSR count). The van der Waals surface area contributed by atoms with Gasteiger partial charge in [-0.1, -0.05) is 26.2 Å². The van der Waals surface area contributed by atoms with Crippen LogP contribution in [-0.2, 0) is 0 Å². The molecule has 0 bridgehead atoms. The highest BCUT2D eigenvalue weighted by Gasteiger charge is 2.17. The molecule has 1 nitrogen and oxygen atoms in total. The lowest BCUT2D eigenvalue weighted by molar-refractivity contribution is 0.0536. The first-order valence-electron chi connectivity index (χ1n) is 4.28. The Balaban J connectivity index is 3.48. The Bertz CT molecular complexity index is 130. The molecule has 1 heteroatoms. The summed E-state index contributed by atoms with van der Waals surface area (Å²) in [7, 11) is 0. The Kier molecular flexibility index (Phi) is 4.98. The van der Waals surface area contributed by atoms with Crippen molar-refractivity contribution in [1.82, 2.24) is 0 Å². The van der Waals surface area contributed by atoms with Crippen LogP contribution in [0.5, 0.6) is 0 Å². The van der Waals surface area contributed by atoms with E-state index in [1.165, 1.54) is 12.8 Å². The summed E-state index contributed by atoms with van der Waals surface area (Å²) in [6.45, 7) is 3.96. The highest BCUT2D eigenvalue weighted by Crippen LogP contribution is 2.17. The quantitative estimate of drug-likeness (QED) is 0.476. The molecule has 0 saturated heterocycles. The number of unbranched alkanes of at least 4 members (excludes halogenated alkanes) is 2. The van der Waals surface area contributed by atoms with Gasteiger partial charge in [0.05, 0.1) is 5.60 Å². The Labute approximate surface area is 69.8 Å². The van der Waals surface area contributed by atoms with E-state index in [-0.39, 0.29) is 0 Å². The molecule has 1 N–H and O–H groups in total. The van der Waals surface area contributed by atoms with E-state index >= 15 is 0 Å². The molecule has 0 aliphatic carbocycles. The molecule has 0 fully saturated rings. The maximum absolute atomic E-state index is 9.60. The molecule has 0 aliphatic rings. The molecule has 0 radical (unpaired) electrons. The number of rotatable bonds is 5. The molecule has 64 valence electrons. The van der Waals surface area contributed by atoms with Gasteiger partial charge in [0, 0.05) is 6.42 Å². The van der Waals surface area contributed by atoms with Gasteiger partial charge in [-0.25, -0.2) is 0 Å². The van der Waals surface area contributed by atoms with Crippen LogP contribution in [0.3, 0.4) is 0 Å². The molecule has 0 aromatic heterocycles. The molecular weight excluding hydrogens is 136 g/mol. The predicted octanol–water partition coefficient (Wildman–Crippen LogP) is 2.34. The second-order valence-corrected chi connectivity index (χ2v) is 3.33. The number of hydrogen-bond acceptors (Lipinski definition) is 1. The van der Waals surface area contributed by atoms with Crippen LogP contribution in [-0.4, -0.2) is 10.7 Å². The van der Waals surface area contributed by atoms with Crippen molar-refractivity contribution in [2.45, 2.75) is 51.6 Å². The first-order chi connectivity index (χ1) is 5.12. The molecular formula is C10H18O. The second kappa shape index (κ2) is 5.21. The van der Waals surface area contributed by atoms with E-state index in [1.54, 1.807) is 0 Å². The molecule has 0 heterocycles. The SMILES string of the molecule is C#CCC(C)(O)CCCCC. The summed E-state index contributed by atoms with van der Waals surface area (Å²) in [6.07, 6.45) is 9.84. The van der Waals surface area contributed by atoms with Crippen molar-refractivity contribution in [3.63, 3.8) is 0 Å². The smallest absolute Gasteiger partial charge is 0.0728 e. The lowest BCUT2D eigenvalue weighted by Gasteiger charge is -2.19. The predicted molar refractivity (Wildman–Crippen MR) is 48.2 cm³/mol. The van der Waals surface area contributed by atoms with Crippen LogP contribution in [0.25, 0.3) is 0 Å². The third-order valence-electron chi connectivity index (χ3n) is 1.80. The summed E-state index contributed by atoms with van der Waals surface area (Å²) in [5, 5.41) is 9.60. The first-order valence-corrected chi connectivity index (χ1v) is 4.28. The summed E-state index contributed by atoms with van der Waals surface area (Å²) in [6, 6.07) is 0. The van der Waals surface area contributed by atoms with E-state index in [2.05, 4.69) is 12.8 Å². The Morgan fingerprint density at radius 1 is 1.45 bits per heavy atom. The lowest BCUT2D eigenvalue weighted by atomic mass is 9.95. The van der Waals surface area contributed by atoms with Gasteiger partial charge in [0.1, 0.15) is 0 Å². The van der Waals surface area contributed by atoms with Gasteiger partial charge in [-0.3, -0.25) is 0 Å². The van der Waals surface area contributed by atoms with Crippen LogP contribution >= 0.6 is 0 Å². The van der Waals surface area contributed by atoms with Gasteiger partial charge in [-0.05, 0) is 13.3 Å². The van der Waals surface area contributed by atoms with E-state index in [0.717, 1.165) is 12.8 Å². The van der Waals surface area contributed by atoms with Crippen molar-refractivity contribution in [3.8, 4) is 12.3 Å². The Morgan fingerprint density at radius 3 is 2.55 bits per heavy atom. The van der Waals surface area contributed by atoms with E-state index in [4.69, 9.17) is 6.42 Å². The molecule has 11 heavy (non-hydrogen) atoms. The number of aliphatic hydroxyl groups is 1. The van der Waals surface area contributed by atoms with Crippen LogP contribution in [0.4, 0.5) is 0 Å². The first kappa shape index (κ1) is 10.5. The molecule has 0 amide bonds. The Morgan fingerprint density at radius 2 is 2.09 bits per heavy atom. The number of hydrogen-bond donors (Lipinski definition) is 1. The highest BCUT2D eigenvalue weighted by atomic mass is 16.3. The van der Waals surface area contributed by atoms with Gasteiger partial charge < -0.3 is 5.11 Å². The topological polar surface area (TPSA) is 20.2 Å². The molecule has 1 atom stereocenters. The molecule has 0 spiro atoms. The van der Waals surface area contributed by atoms with Crippen molar-refractivity contribution in [2.24, 2.45) is 0 Å². The van der Waals surface area contributed by atoms with Crippen molar-refractivity contribution in [1.29, 1.82) is 0 Å². The van der Waals surface area contributed by atoms with Crippen LogP contribution in [0.2, 0.25) is 0 Å². The minimum absolute atomic E-state index is 0.469. The maximum Gasteiger partial charge on any atom is 0.0728 e. The fourth-order valence-corrected chi connectivity index (χ4v) is 1.06. The molecule has 0 saturated carbocycles. The highest BCUT2D eigenvalue weighted by molar-refractivity contribution is 4.92. The molecule has 0 aromatic carbocycles. The third kappa shape index (κ3) is 5.94. The van der Waals surface area contributed by atoms with Gasteiger partial charge in [0.15, 0.2) is 0 Å². The van der Waals surface area contributed by atoms with E-state index in [0.29, 0.717) is 6.42 Å². The zero-order chi connectivity index (χ0) is 8.74. The summed E-state index contributed by atoms with van der Waals surface area (Å²) >= 11 is 0. The van der Waals surface area contributed by atoms with Crippen molar-refractivity contribution < 1.29 is 5.11 Å². The van der Waals surface area contributed by atoms with E-state index < -0.39 is 5.60 Å². The van der Waals surface area contributed by atoms with Crippen LogP contribution in [0.1, 0.15) is 46.0 Å². The van der Waals surface area contributed by atoms with Gasteiger partial charge in [0.25, 0.3) is 0 Å².